The van der Waals surface area contributed by atoms with Gasteiger partial charge in [0.15, 0.2) is 5.76 Å². The van der Waals surface area contributed by atoms with Crippen LogP contribution >= 0.6 is 0 Å². The van der Waals surface area contributed by atoms with Gasteiger partial charge in [0.25, 0.3) is 5.91 Å². The number of carboxylic acid groups (broad SMARTS) is 1. The number of aromatic carboxylic acids is 1. The van der Waals surface area contributed by atoms with Crippen molar-refractivity contribution in [2.24, 2.45) is 0 Å². The van der Waals surface area contributed by atoms with Crippen LogP contribution < -0.4 is 5.32 Å². The number of carbonyl (C=O) groups excluding carboxylic acids is 1. The quantitative estimate of drug-likeness (QED) is 0.751. The molecule has 3 aromatic rings. The number of amides is 1. The molecular weight excluding hydrogens is 322 g/mol. The predicted molar refractivity (Wildman–Crippen MR) is 92.0 cm³/mol. The summed E-state index contributed by atoms with van der Waals surface area (Å²) in [5, 5.41) is 12.7. The molecule has 6 heteroatoms. The molecule has 0 aliphatic carbocycles. The fourth-order valence-corrected chi connectivity index (χ4v) is 2.98. The molecule has 2 heterocycles. The number of benzene rings is 1. The van der Waals surface area contributed by atoms with Crippen molar-refractivity contribution in [1.82, 2.24) is 5.32 Å². The molecule has 0 saturated heterocycles. The SMILES string of the molecule is Cc1oc(CNC(=O)c2oc3c(C)ccc(C)c3c2C)cc1C(=O)O. The van der Waals surface area contributed by atoms with Crippen LogP contribution in [0.1, 0.15) is 49.1 Å². The van der Waals surface area contributed by atoms with Crippen LogP contribution in [0.2, 0.25) is 0 Å². The van der Waals surface area contributed by atoms with Gasteiger partial charge in [-0.3, -0.25) is 4.79 Å². The molecule has 0 bridgehead atoms. The van der Waals surface area contributed by atoms with Crippen LogP contribution in [0.15, 0.2) is 27.0 Å². The van der Waals surface area contributed by atoms with Gasteiger partial charge in [-0.25, -0.2) is 4.79 Å². The highest BCUT2D eigenvalue weighted by Gasteiger charge is 2.20. The highest BCUT2D eigenvalue weighted by atomic mass is 16.4. The van der Waals surface area contributed by atoms with Crippen LogP contribution in [0.25, 0.3) is 11.0 Å². The van der Waals surface area contributed by atoms with Crippen LogP contribution in [0.5, 0.6) is 0 Å². The second kappa shape index (κ2) is 6.12. The van der Waals surface area contributed by atoms with Gasteiger partial charge in [-0.15, -0.1) is 0 Å². The van der Waals surface area contributed by atoms with Gasteiger partial charge in [0.1, 0.15) is 22.7 Å². The first-order valence-electron chi connectivity index (χ1n) is 7.89. The Labute approximate surface area is 144 Å². The Morgan fingerprint density at radius 1 is 1.08 bits per heavy atom. The summed E-state index contributed by atoms with van der Waals surface area (Å²) in [4.78, 5) is 23.5. The maximum absolute atomic E-state index is 12.5. The standard InChI is InChI=1S/C19H19NO5/c1-9-5-6-10(2)16-15(9)11(3)17(25-16)18(21)20-8-13-7-14(19(22)23)12(4)24-13/h5-7H,8H2,1-4H3,(H,20,21)(H,22,23). The first-order chi connectivity index (χ1) is 11.8. The van der Waals surface area contributed by atoms with Crippen molar-refractivity contribution in [3.05, 3.63) is 57.7 Å². The smallest absolute Gasteiger partial charge is 0.339 e. The fourth-order valence-electron chi connectivity index (χ4n) is 2.98. The number of aryl methyl sites for hydroxylation is 4. The van der Waals surface area contributed by atoms with Gasteiger partial charge < -0.3 is 19.3 Å². The van der Waals surface area contributed by atoms with Crippen molar-refractivity contribution >= 4 is 22.8 Å². The third kappa shape index (κ3) is 2.91. The molecule has 1 aromatic carbocycles. The summed E-state index contributed by atoms with van der Waals surface area (Å²) in [5.41, 5.74) is 3.61. The molecule has 1 amide bonds. The molecule has 0 aliphatic heterocycles. The number of carboxylic acids is 1. The molecule has 0 aliphatic rings. The van der Waals surface area contributed by atoms with E-state index in [2.05, 4.69) is 5.32 Å². The summed E-state index contributed by atoms with van der Waals surface area (Å²) in [5.74, 6) is -0.474. The molecule has 25 heavy (non-hydrogen) atoms. The average molecular weight is 341 g/mol. The minimum Gasteiger partial charge on any atom is -0.478 e. The first kappa shape index (κ1) is 16.8. The van der Waals surface area contributed by atoms with Crippen molar-refractivity contribution in [2.45, 2.75) is 34.2 Å². The zero-order chi connectivity index (χ0) is 18.3. The molecule has 6 nitrogen and oxygen atoms in total. The van der Waals surface area contributed by atoms with Crippen LogP contribution in [0.4, 0.5) is 0 Å². The topological polar surface area (TPSA) is 92.7 Å². The fraction of sp³-hybridized carbons (Fsp3) is 0.263. The molecule has 2 N–H and O–H groups in total. The lowest BCUT2D eigenvalue weighted by Crippen LogP contribution is -2.22. The Morgan fingerprint density at radius 3 is 2.36 bits per heavy atom. The van der Waals surface area contributed by atoms with E-state index in [1.165, 1.54) is 6.07 Å². The number of nitrogens with one attached hydrogen (secondary N) is 1. The third-order valence-corrected chi connectivity index (χ3v) is 4.31. The van der Waals surface area contributed by atoms with Crippen LogP contribution in [0, 0.1) is 27.7 Å². The molecule has 0 fully saturated rings. The molecule has 0 radical (unpaired) electrons. The summed E-state index contributed by atoms with van der Waals surface area (Å²) in [6.07, 6.45) is 0. The van der Waals surface area contributed by atoms with Gasteiger partial charge >= 0.3 is 5.97 Å². The first-order valence-corrected chi connectivity index (χ1v) is 7.89. The maximum atomic E-state index is 12.5. The molecule has 130 valence electrons. The minimum atomic E-state index is -1.06. The lowest BCUT2D eigenvalue weighted by atomic mass is 10.0. The third-order valence-electron chi connectivity index (χ3n) is 4.31. The lowest BCUT2D eigenvalue weighted by molar-refractivity contribution is 0.0694. The van der Waals surface area contributed by atoms with E-state index in [-0.39, 0.29) is 23.8 Å². The Balaban J connectivity index is 1.85. The highest BCUT2D eigenvalue weighted by Crippen LogP contribution is 2.30. The van der Waals surface area contributed by atoms with Crippen molar-refractivity contribution in [3.8, 4) is 0 Å². The van der Waals surface area contributed by atoms with E-state index in [9.17, 15) is 9.59 Å². The van der Waals surface area contributed by atoms with Gasteiger partial charge in [-0.2, -0.15) is 0 Å². The van der Waals surface area contributed by atoms with E-state index in [1.807, 2.05) is 32.9 Å². The van der Waals surface area contributed by atoms with E-state index in [0.717, 1.165) is 22.1 Å². The van der Waals surface area contributed by atoms with E-state index in [4.69, 9.17) is 13.9 Å². The van der Waals surface area contributed by atoms with Crippen LogP contribution in [-0.2, 0) is 6.54 Å². The molecule has 0 saturated carbocycles. The molecule has 0 unspecified atom stereocenters. The summed E-state index contributed by atoms with van der Waals surface area (Å²) in [6, 6.07) is 5.38. The molecule has 2 aromatic heterocycles. The van der Waals surface area contributed by atoms with Gasteiger partial charge in [-0.05, 0) is 44.9 Å². The average Bonchev–Trinajstić information content (AvgIpc) is 3.10. The monoisotopic (exact) mass is 341 g/mol. The largest absolute Gasteiger partial charge is 0.478 e. The second-order valence-corrected chi connectivity index (χ2v) is 6.13. The Bertz CT molecular complexity index is 993. The van der Waals surface area contributed by atoms with Gasteiger partial charge in [0.05, 0.1) is 6.54 Å². The molecule has 0 atom stereocenters. The number of hydrogen-bond acceptors (Lipinski definition) is 4. The summed E-state index contributed by atoms with van der Waals surface area (Å²) in [7, 11) is 0. The number of carbonyl (C=O) groups is 2. The Morgan fingerprint density at radius 2 is 1.76 bits per heavy atom. The molecular formula is C19H19NO5. The van der Waals surface area contributed by atoms with Crippen molar-refractivity contribution in [2.75, 3.05) is 0 Å². The maximum Gasteiger partial charge on any atom is 0.339 e. The predicted octanol–water partition coefficient (Wildman–Crippen LogP) is 3.89. The second-order valence-electron chi connectivity index (χ2n) is 6.13. The normalized spacial score (nSPS) is 11.0. The number of hydrogen-bond donors (Lipinski definition) is 2. The lowest BCUT2D eigenvalue weighted by Gasteiger charge is -2.01. The van der Waals surface area contributed by atoms with E-state index in [1.54, 1.807) is 6.92 Å². The minimum absolute atomic E-state index is 0.0847. The van der Waals surface area contributed by atoms with Crippen molar-refractivity contribution in [3.63, 3.8) is 0 Å². The molecule has 0 spiro atoms. The number of rotatable bonds is 4. The number of furan rings is 2. The summed E-state index contributed by atoms with van der Waals surface area (Å²) >= 11 is 0. The zero-order valence-electron chi connectivity index (χ0n) is 14.5. The Kier molecular flexibility index (Phi) is 4.12. The summed E-state index contributed by atoms with van der Waals surface area (Å²) < 4.78 is 11.2. The highest BCUT2D eigenvalue weighted by molar-refractivity contribution is 6.00. The summed E-state index contributed by atoms with van der Waals surface area (Å²) in [6.45, 7) is 7.42. The van der Waals surface area contributed by atoms with Crippen molar-refractivity contribution < 1.29 is 23.5 Å². The van der Waals surface area contributed by atoms with Gasteiger partial charge in [0.2, 0.25) is 0 Å². The van der Waals surface area contributed by atoms with Gasteiger partial charge in [0, 0.05) is 10.9 Å². The van der Waals surface area contributed by atoms with E-state index in [0.29, 0.717) is 17.1 Å². The molecule has 3 rings (SSSR count). The Hall–Kier alpha value is -3.02. The van der Waals surface area contributed by atoms with E-state index < -0.39 is 5.97 Å². The van der Waals surface area contributed by atoms with E-state index >= 15 is 0 Å². The van der Waals surface area contributed by atoms with Crippen molar-refractivity contribution in [1.29, 1.82) is 0 Å². The van der Waals surface area contributed by atoms with Crippen LogP contribution in [-0.4, -0.2) is 17.0 Å². The van der Waals surface area contributed by atoms with Gasteiger partial charge in [-0.1, -0.05) is 12.1 Å². The zero-order valence-corrected chi connectivity index (χ0v) is 14.5. The number of fused-ring (bicyclic) bond motifs is 1. The van der Waals surface area contributed by atoms with Crippen LogP contribution in [0.3, 0.4) is 0 Å².